The molecule has 0 aromatic carbocycles. The minimum atomic E-state index is -0.327. The van der Waals surface area contributed by atoms with Gasteiger partial charge in [-0.15, -0.1) is 0 Å². The molecule has 4 heteroatoms. The SMILES string of the molecule is C[C@@H]1CN(C2=CC(=O)OC23CCCCC3)C[C@@H](C)O1. The van der Waals surface area contributed by atoms with Crippen LogP contribution in [-0.2, 0) is 14.3 Å². The summed E-state index contributed by atoms with van der Waals surface area (Å²) >= 11 is 0. The molecule has 0 aromatic rings. The number of rotatable bonds is 1. The van der Waals surface area contributed by atoms with Crippen LogP contribution in [0.5, 0.6) is 0 Å². The average molecular weight is 265 g/mol. The van der Waals surface area contributed by atoms with Crippen molar-refractivity contribution in [2.24, 2.45) is 0 Å². The van der Waals surface area contributed by atoms with Crippen molar-refractivity contribution in [2.45, 2.75) is 63.8 Å². The first-order valence-corrected chi connectivity index (χ1v) is 7.45. The summed E-state index contributed by atoms with van der Waals surface area (Å²) in [5, 5.41) is 0. The van der Waals surface area contributed by atoms with E-state index in [4.69, 9.17) is 9.47 Å². The molecule has 2 fully saturated rings. The van der Waals surface area contributed by atoms with Crippen LogP contribution in [0.25, 0.3) is 0 Å². The summed E-state index contributed by atoms with van der Waals surface area (Å²) in [6.45, 7) is 5.89. The van der Waals surface area contributed by atoms with Gasteiger partial charge in [-0.2, -0.15) is 0 Å². The molecule has 19 heavy (non-hydrogen) atoms. The van der Waals surface area contributed by atoms with Gasteiger partial charge in [0.2, 0.25) is 0 Å². The van der Waals surface area contributed by atoms with Gasteiger partial charge in [0.25, 0.3) is 0 Å². The van der Waals surface area contributed by atoms with Gasteiger partial charge in [0.05, 0.1) is 17.9 Å². The number of carbonyl (C=O) groups is 1. The van der Waals surface area contributed by atoms with Gasteiger partial charge in [0.1, 0.15) is 0 Å². The van der Waals surface area contributed by atoms with Gasteiger partial charge in [0.15, 0.2) is 5.60 Å². The number of hydrogen-bond acceptors (Lipinski definition) is 4. The van der Waals surface area contributed by atoms with E-state index >= 15 is 0 Å². The summed E-state index contributed by atoms with van der Waals surface area (Å²) in [6, 6.07) is 0. The predicted octanol–water partition coefficient (Wildman–Crippen LogP) is 2.24. The van der Waals surface area contributed by atoms with Crippen LogP contribution in [0.3, 0.4) is 0 Å². The van der Waals surface area contributed by atoms with Crippen molar-refractivity contribution in [1.29, 1.82) is 0 Å². The Bertz CT molecular complexity index is 388. The Morgan fingerprint density at radius 3 is 2.42 bits per heavy atom. The predicted molar refractivity (Wildman–Crippen MR) is 71.6 cm³/mol. The molecule has 1 spiro atoms. The van der Waals surface area contributed by atoms with Crippen molar-refractivity contribution >= 4 is 5.97 Å². The first kappa shape index (κ1) is 13.0. The molecular weight excluding hydrogens is 242 g/mol. The third-order valence-electron chi connectivity index (χ3n) is 4.44. The molecule has 2 heterocycles. The average Bonchev–Trinajstić information content (AvgIpc) is 2.65. The third kappa shape index (κ3) is 2.38. The van der Waals surface area contributed by atoms with E-state index in [-0.39, 0.29) is 23.8 Å². The second kappa shape index (κ2) is 4.82. The Morgan fingerprint density at radius 1 is 1.16 bits per heavy atom. The zero-order valence-electron chi connectivity index (χ0n) is 11.9. The maximum atomic E-state index is 11.8. The number of hydrogen-bond donors (Lipinski definition) is 0. The van der Waals surface area contributed by atoms with Crippen LogP contribution in [-0.4, -0.2) is 41.8 Å². The number of esters is 1. The lowest BCUT2D eigenvalue weighted by molar-refractivity contribution is -0.150. The van der Waals surface area contributed by atoms with E-state index < -0.39 is 0 Å². The highest BCUT2D eigenvalue weighted by Crippen LogP contribution is 2.43. The first-order chi connectivity index (χ1) is 9.09. The second-order valence-corrected chi connectivity index (χ2v) is 6.17. The van der Waals surface area contributed by atoms with Crippen LogP contribution in [0.15, 0.2) is 11.8 Å². The van der Waals surface area contributed by atoms with E-state index in [1.165, 1.54) is 6.42 Å². The Labute approximate surface area is 114 Å². The molecule has 2 aliphatic heterocycles. The molecule has 1 saturated heterocycles. The molecule has 0 radical (unpaired) electrons. The minimum absolute atomic E-state index is 0.163. The largest absolute Gasteiger partial charge is 0.449 e. The molecular formula is C15H23NO3. The number of nitrogens with zero attached hydrogens (tertiary/aromatic N) is 1. The fourth-order valence-electron chi connectivity index (χ4n) is 3.75. The maximum Gasteiger partial charge on any atom is 0.333 e. The van der Waals surface area contributed by atoms with Gasteiger partial charge in [0, 0.05) is 19.2 Å². The van der Waals surface area contributed by atoms with Gasteiger partial charge in [-0.3, -0.25) is 0 Å². The van der Waals surface area contributed by atoms with Crippen molar-refractivity contribution < 1.29 is 14.3 Å². The molecule has 0 bridgehead atoms. The lowest BCUT2D eigenvalue weighted by Crippen LogP contribution is -2.50. The molecule has 4 nitrogen and oxygen atoms in total. The van der Waals surface area contributed by atoms with Crippen LogP contribution in [0.2, 0.25) is 0 Å². The van der Waals surface area contributed by atoms with Gasteiger partial charge in [-0.1, -0.05) is 6.42 Å². The molecule has 2 atom stereocenters. The Hall–Kier alpha value is -1.03. The molecule has 106 valence electrons. The quantitative estimate of drug-likeness (QED) is 0.682. The van der Waals surface area contributed by atoms with Crippen LogP contribution < -0.4 is 0 Å². The van der Waals surface area contributed by atoms with Crippen molar-refractivity contribution in [3.8, 4) is 0 Å². The van der Waals surface area contributed by atoms with Crippen molar-refractivity contribution in [2.75, 3.05) is 13.1 Å². The summed E-state index contributed by atoms with van der Waals surface area (Å²) < 4.78 is 11.5. The Balaban J connectivity index is 1.84. The molecule has 3 rings (SSSR count). The van der Waals surface area contributed by atoms with E-state index in [0.717, 1.165) is 44.5 Å². The molecule has 1 aliphatic carbocycles. The van der Waals surface area contributed by atoms with Crippen LogP contribution in [0.4, 0.5) is 0 Å². The van der Waals surface area contributed by atoms with Crippen molar-refractivity contribution in [1.82, 2.24) is 4.90 Å². The second-order valence-electron chi connectivity index (χ2n) is 6.17. The third-order valence-corrected chi connectivity index (χ3v) is 4.44. The zero-order valence-corrected chi connectivity index (χ0v) is 11.9. The van der Waals surface area contributed by atoms with Gasteiger partial charge in [-0.25, -0.2) is 4.79 Å². The Morgan fingerprint density at radius 2 is 1.79 bits per heavy atom. The summed E-state index contributed by atoms with van der Waals surface area (Å²) in [5.41, 5.74) is 0.783. The summed E-state index contributed by atoms with van der Waals surface area (Å²) in [6.07, 6.45) is 7.65. The Kier molecular flexibility index (Phi) is 3.29. The highest BCUT2D eigenvalue weighted by Gasteiger charge is 2.47. The van der Waals surface area contributed by atoms with Crippen molar-refractivity contribution in [3.63, 3.8) is 0 Å². The molecule has 3 aliphatic rings. The molecule has 0 N–H and O–H groups in total. The zero-order chi connectivity index (χ0) is 13.5. The molecule has 1 saturated carbocycles. The summed E-state index contributed by atoms with van der Waals surface area (Å²) in [7, 11) is 0. The lowest BCUT2D eigenvalue weighted by Gasteiger charge is -2.44. The fourth-order valence-corrected chi connectivity index (χ4v) is 3.75. The van der Waals surface area contributed by atoms with Crippen LogP contribution in [0.1, 0.15) is 46.0 Å². The van der Waals surface area contributed by atoms with Gasteiger partial charge >= 0.3 is 5.97 Å². The number of ether oxygens (including phenoxy) is 2. The van der Waals surface area contributed by atoms with E-state index in [1.807, 2.05) is 0 Å². The van der Waals surface area contributed by atoms with Crippen molar-refractivity contribution in [3.05, 3.63) is 11.8 Å². The van der Waals surface area contributed by atoms with E-state index in [1.54, 1.807) is 6.08 Å². The molecule has 0 unspecified atom stereocenters. The van der Waals surface area contributed by atoms with Crippen LogP contribution in [0, 0.1) is 0 Å². The minimum Gasteiger partial charge on any atom is -0.449 e. The van der Waals surface area contributed by atoms with Gasteiger partial charge < -0.3 is 14.4 Å². The van der Waals surface area contributed by atoms with E-state index in [0.29, 0.717) is 0 Å². The lowest BCUT2D eigenvalue weighted by atomic mass is 9.82. The van der Waals surface area contributed by atoms with Crippen LogP contribution >= 0.6 is 0 Å². The fraction of sp³-hybridized carbons (Fsp3) is 0.800. The van der Waals surface area contributed by atoms with E-state index in [9.17, 15) is 4.79 Å². The maximum absolute atomic E-state index is 11.8. The molecule has 0 amide bonds. The monoisotopic (exact) mass is 265 g/mol. The number of carbonyl (C=O) groups excluding carboxylic acids is 1. The summed E-state index contributed by atoms with van der Waals surface area (Å²) in [5.74, 6) is -0.163. The first-order valence-electron chi connectivity index (χ1n) is 7.45. The molecule has 0 aromatic heterocycles. The standard InChI is InChI=1S/C15H23NO3/c1-11-9-16(10-12(2)18-11)13-8-14(17)19-15(13)6-4-3-5-7-15/h8,11-12H,3-7,9-10H2,1-2H3/t11-,12-/m1/s1. The highest BCUT2D eigenvalue weighted by atomic mass is 16.6. The smallest absolute Gasteiger partial charge is 0.333 e. The number of morpholine rings is 1. The van der Waals surface area contributed by atoms with Gasteiger partial charge in [-0.05, 0) is 39.5 Å². The topological polar surface area (TPSA) is 38.8 Å². The normalized spacial score (nSPS) is 34.3. The van der Waals surface area contributed by atoms with E-state index in [2.05, 4.69) is 18.7 Å². The highest BCUT2D eigenvalue weighted by molar-refractivity contribution is 5.86. The summed E-state index contributed by atoms with van der Waals surface area (Å²) in [4.78, 5) is 14.1.